The highest BCUT2D eigenvalue weighted by Crippen LogP contribution is 2.44. The van der Waals surface area contributed by atoms with Gasteiger partial charge in [-0.1, -0.05) is 17.7 Å². The molecule has 0 atom stereocenters. The number of nitrogens with zero attached hydrogens (tertiary/aromatic N) is 1. The molecule has 0 amide bonds. The highest BCUT2D eigenvalue weighted by atomic mass is 35.5. The van der Waals surface area contributed by atoms with Crippen molar-refractivity contribution in [2.24, 2.45) is 0 Å². The lowest BCUT2D eigenvalue weighted by atomic mass is 10.1. The summed E-state index contributed by atoms with van der Waals surface area (Å²) in [6.45, 7) is 0. The lowest BCUT2D eigenvalue weighted by Crippen LogP contribution is -2.05. The maximum Gasteiger partial charge on any atom is 0.416 e. The zero-order valence-electron chi connectivity index (χ0n) is 10.9. The van der Waals surface area contributed by atoms with Gasteiger partial charge >= 0.3 is 6.18 Å². The lowest BCUT2D eigenvalue weighted by molar-refractivity contribution is -0.137. The predicted octanol–water partition coefficient (Wildman–Crippen LogP) is 4.87. The van der Waals surface area contributed by atoms with Gasteiger partial charge < -0.3 is 5.73 Å². The van der Waals surface area contributed by atoms with Crippen molar-refractivity contribution in [2.45, 2.75) is 31.4 Å². The van der Waals surface area contributed by atoms with Crippen LogP contribution in [0, 0.1) is 0 Å². The zero-order chi connectivity index (χ0) is 15.2. The predicted molar refractivity (Wildman–Crippen MR) is 77.8 cm³/mol. The third kappa shape index (κ3) is 3.16. The Morgan fingerprint density at radius 2 is 2.05 bits per heavy atom. The van der Waals surface area contributed by atoms with Crippen molar-refractivity contribution in [2.75, 3.05) is 5.73 Å². The van der Waals surface area contributed by atoms with Crippen molar-refractivity contribution in [3.05, 3.63) is 44.9 Å². The number of anilines is 1. The summed E-state index contributed by atoms with van der Waals surface area (Å²) in [6.07, 6.45) is -1.72. The second kappa shape index (κ2) is 5.18. The van der Waals surface area contributed by atoms with Gasteiger partial charge in [-0.15, -0.1) is 11.3 Å². The monoisotopic (exact) mass is 332 g/mol. The van der Waals surface area contributed by atoms with Crippen molar-refractivity contribution in [3.63, 3.8) is 0 Å². The second-order valence-electron chi connectivity index (χ2n) is 5.12. The van der Waals surface area contributed by atoms with Crippen LogP contribution in [-0.4, -0.2) is 4.98 Å². The maximum absolute atomic E-state index is 12.6. The maximum atomic E-state index is 12.6. The molecule has 2 aromatic rings. The van der Waals surface area contributed by atoms with E-state index in [0.29, 0.717) is 23.0 Å². The summed E-state index contributed by atoms with van der Waals surface area (Å²) >= 11 is 7.37. The quantitative estimate of drug-likeness (QED) is 0.871. The van der Waals surface area contributed by atoms with Crippen LogP contribution >= 0.6 is 22.9 Å². The van der Waals surface area contributed by atoms with Crippen LogP contribution in [0.25, 0.3) is 0 Å². The molecule has 2 nitrogen and oxygen atoms in total. The molecular weight excluding hydrogens is 321 g/mol. The number of nitrogen functional groups attached to an aromatic ring is 1. The Morgan fingerprint density at radius 1 is 1.33 bits per heavy atom. The third-order valence-electron chi connectivity index (χ3n) is 3.44. The minimum absolute atomic E-state index is 0.124. The van der Waals surface area contributed by atoms with Crippen molar-refractivity contribution >= 4 is 28.1 Å². The average molecular weight is 333 g/mol. The molecule has 0 radical (unpaired) electrons. The third-order valence-corrected chi connectivity index (χ3v) is 4.69. The molecule has 1 aliphatic rings. The first-order valence-electron chi connectivity index (χ1n) is 6.45. The van der Waals surface area contributed by atoms with E-state index in [4.69, 9.17) is 17.3 Å². The van der Waals surface area contributed by atoms with Gasteiger partial charge in [0.2, 0.25) is 0 Å². The van der Waals surface area contributed by atoms with Crippen LogP contribution in [0.15, 0.2) is 18.2 Å². The molecule has 0 unspecified atom stereocenters. The minimum atomic E-state index is -4.38. The molecule has 3 rings (SSSR count). The molecule has 1 saturated carbocycles. The van der Waals surface area contributed by atoms with Crippen LogP contribution < -0.4 is 5.73 Å². The van der Waals surface area contributed by atoms with E-state index in [1.165, 1.54) is 17.4 Å². The summed E-state index contributed by atoms with van der Waals surface area (Å²) in [5.74, 6) is 0.446. The lowest BCUT2D eigenvalue weighted by Gasteiger charge is -2.10. The summed E-state index contributed by atoms with van der Waals surface area (Å²) in [4.78, 5) is 5.33. The molecule has 1 fully saturated rings. The normalized spacial score (nSPS) is 15.4. The molecule has 0 aliphatic heterocycles. The number of hydrogen-bond acceptors (Lipinski definition) is 3. The number of hydrogen-bond donors (Lipinski definition) is 1. The Hall–Kier alpha value is -1.27. The van der Waals surface area contributed by atoms with Crippen LogP contribution in [0.5, 0.6) is 0 Å². The Labute approximate surface area is 128 Å². The van der Waals surface area contributed by atoms with E-state index in [-0.39, 0.29) is 5.02 Å². The van der Waals surface area contributed by atoms with E-state index in [9.17, 15) is 13.2 Å². The van der Waals surface area contributed by atoms with Crippen LogP contribution in [0.1, 0.15) is 40.5 Å². The standard InChI is InChI=1S/C14H12ClF3N2S/c15-10-6-9(14(16,17)18)4-3-8(10)5-11-12(7-1-2-7)20-13(19)21-11/h3-4,6-7H,1-2,5H2,(H2,19,20). The average Bonchev–Trinajstić information content (AvgIpc) is 3.15. The Balaban J connectivity index is 1.88. The molecule has 21 heavy (non-hydrogen) atoms. The molecule has 1 aliphatic carbocycles. The van der Waals surface area contributed by atoms with E-state index in [1.807, 2.05) is 0 Å². The van der Waals surface area contributed by atoms with E-state index in [0.717, 1.165) is 35.5 Å². The first-order chi connectivity index (χ1) is 9.84. The van der Waals surface area contributed by atoms with E-state index >= 15 is 0 Å². The van der Waals surface area contributed by atoms with Crippen molar-refractivity contribution in [1.82, 2.24) is 4.98 Å². The fourth-order valence-electron chi connectivity index (χ4n) is 2.22. The molecule has 0 saturated heterocycles. The van der Waals surface area contributed by atoms with E-state index in [2.05, 4.69) is 4.98 Å². The fourth-order valence-corrected chi connectivity index (χ4v) is 3.41. The summed E-state index contributed by atoms with van der Waals surface area (Å²) in [5.41, 5.74) is 6.65. The highest BCUT2D eigenvalue weighted by molar-refractivity contribution is 7.15. The van der Waals surface area contributed by atoms with Crippen LogP contribution in [0.4, 0.5) is 18.3 Å². The van der Waals surface area contributed by atoms with Gasteiger partial charge in [0.1, 0.15) is 0 Å². The molecule has 1 heterocycles. The van der Waals surface area contributed by atoms with Crippen molar-refractivity contribution in [3.8, 4) is 0 Å². The zero-order valence-corrected chi connectivity index (χ0v) is 12.4. The Bertz CT molecular complexity index is 677. The van der Waals surface area contributed by atoms with E-state index < -0.39 is 11.7 Å². The number of halogens is 4. The van der Waals surface area contributed by atoms with Crippen LogP contribution in [0.3, 0.4) is 0 Å². The van der Waals surface area contributed by atoms with Crippen LogP contribution in [0.2, 0.25) is 5.02 Å². The molecule has 1 aromatic carbocycles. The molecule has 0 bridgehead atoms. The molecule has 1 aromatic heterocycles. The molecule has 7 heteroatoms. The molecular formula is C14H12ClF3N2S. The first kappa shape index (κ1) is 14.7. The SMILES string of the molecule is Nc1nc(C2CC2)c(Cc2ccc(C(F)(F)F)cc2Cl)s1. The first-order valence-corrected chi connectivity index (χ1v) is 7.64. The van der Waals surface area contributed by atoms with Gasteiger partial charge in [0.25, 0.3) is 0 Å². The number of thiazole rings is 1. The van der Waals surface area contributed by atoms with Gasteiger partial charge in [0.05, 0.1) is 11.3 Å². The fraction of sp³-hybridized carbons (Fsp3) is 0.357. The van der Waals surface area contributed by atoms with Gasteiger partial charge in [0.15, 0.2) is 5.13 Å². The van der Waals surface area contributed by atoms with Gasteiger partial charge in [-0.3, -0.25) is 0 Å². The smallest absolute Gasteiger partial charge is 0.375 e. The Morgan fingerprint density at radius 3 is 2.62 bits per heavy atom. The molecule has 112 valence electrons. The minimum Gasteiger partial charge on any atom is -0.375 e. The van der Waals surface area contributed by atoms with Crippen molar-refractivity contribution < 1.29 is 13.2 Å². The molecule has 2 N–H and O–H groups in total. The highest BCUT2D eigenvalue weighted by Gasteiger charge is 2.32. The number of nitrogens with two attached hydrogens (primary N) is 1. The van der Waals surface area contributed by atoms with Gasteiger partial charge in [0, 0.05) is 22.2 Å². The summed E-state index contributed by atoms with van der Waals surface area (Å²) in [5, 5.41) is 0.619. The second-order valence-corrected chi connectivity index (χ2v) is 6.64. The molecule has 0 spiro atoms. The van der Waals surface area contributed by atoms with Gasteiger partial charge in [-0.2, -0.15) is 13.2 Å². The number of alkyl halides is 3. The summed E-state index contributed by atoms with van der Waals surface area (Å²) in [6, 6.07) is 3.46. The topological polar surface area (TPSA) is 38.9 Å². The van der Waals surface area contributed by atoms with E-state index in [1.54, 1.807) is 0 Å². The summed E-state index contributed by atoms with van der Waals surface area (Å²) in [7, 11) is 0. The Kier molecular flexibility index (Phi) is 3.61. The number of benzene rings is 1. The number of rotatable bonds is 3. The van der Waals surface area contributed by atoms with Gasteiger partial charge in [-0.25, -0.2) is 4.98 Å². The van der Waals surface area contributed by atoms with Crippen LogP contribution in [-0.2, 0) is 12.6 Å². The van der Waals surface area contributed by atoms with Crippen molar-refractivity contribution in [1.29, 1.82) is 0 Å². The summed E-state index contributed by atoms with van der Waals surface area (Å²) < 4.78 is 37.9. The van der Waals surface area contributed by atoms with Gasteiger partial charge in [-0.05, 0) is 30.5 Å². The largest absolute Gasteiger partial charge is 0.416 e. The number of aromatic nitrogens is 1.